The minimum Gasteiger partial charge on any atom is -0.493 e. The standard InChI is InChI=1S/C18H18O3.C13H15N.H2/c1-12-7-8-13(11-16(12)18(19)20-2)14-9-10-21-17-6-4-3-5-15(14)17;1-10(14-2)12-9-5-7-11-6-3-4-8-13(11)12;/h3-8,11,14H,9-10H2,1-2H3;3-10,14H,1-2H3;1H/t14-;10-;/m01./s1. The minimum absolute atomic E-state index is 0. The first-order valence-electron chi connectivity index (χ1n) is 12.1. The van der Waals surface area contributed by atoms with Gasteiger partial charge in [0.2, 0.25) is 0 Å². The average Bonchev–Trinajstić information content (AvgIpc) is 2.92. The number of para-hydroxylation sites is 1. The second-order valence-corrected chi connectivity index (χ2v) is 8.87. The van der Waals surface area contributed by atoms with Gasteiger partial charge in [-0.1, -0.05) is 72.8 Å². The number of nitrogens with one attached hydrogen (secondary N) is 1. The van der Waals surface area contributed by atoms with E-state index in [1.807, 2.05) is 44.3 Å². The predicted octanol–water partition coefficient (Wildman–Crippen LogP) is 7.06. The van der Waals surface area contributed by atoms with E-state index in [0.717, 1.165) is 23.3 Å². The predicted molar refractivity (Wildman–Crippen MR) is 144 cm³/mol. The number of hydrogen-bond donors (Lipinski definition) is 1. The Bertz CT molecular complexity index is 1310. The Hall–Kier alpha value is -3.63. The highest BCUT2D eigenvalue weighted by molar-refractivity contribution is 5.91. The molecule has 1 heterocycles. The van der Waals surface area contributed by atoms with Crippen molar-refractivity contribution in [1.82, 2.24) is 5.32 Å². The molecule has 0 aromatic heterocycles. The van der Waals surface area contributed by atoms with Crippen molar-refractivity contribution in [1.29, 1.82) is 0 Å². The van der Waals surface area contributed by atoms with Gasteiger partial charge in [-0.15, -0.1) is 0 Å². The largest absolute Gasteiger partial charge is 0.493 e. The van der Waals surface area contributed by atoms with Crippen LogP contribution in [0.1, 0.15) is 59.3 Å². The SMILES string of the molecule is CN[C@H](C)c1cccc2ccccc12.COC(=O)c1cc([C@@H]2CCOc3ccccc32)ccc1C.[HH]. The van der Waals surface area contributed by atoms with E-state index in [2.05, 4.69) is 66.8 Å². The maximum absolute atomic E-state index is 11.9. The maximum Gasteiger partial charge on any atom is 0.338 e. The quantitative estimate of drug-likeness (QED) is 0.325. The number of benzene rings is 4. The van der Waals surface area contributed by atoms with E-state index in [1.54, 1.807) is 0 Å². The number of rotatable bonds is 4. The number of fused-ring (bicyclic) bond motifs is 2. The molecule has 182 valence electrons. The molecule has 1 aliphatic heterocycles. The van der Waals surface area contributed by atoms with Crippen LogP contribution in [0.15, 0.2) is 84.9 Å². The molecule has 0 fully saturated rings. The minimum atomic E-state index is -0.283. The van der Waals surface area contributed by atoms with E-state index in [1.165, 1.54) is 29.0 Å². The van der Waals surface area contributed by atoms with Gasteiger partial charge in [0.1, 0.15) is 5.75 Å². The van der Waals surface area contributed by atoms with Crippen molar-refractivity contribution in [2.45, 2.75) is 32.2 Å². The topological polar surface area (TPSA) is 47.6 Å². The van der Waals surface area contributed by atoms with Crippen LogP contribution in [0.2, 0.25) is 0 Å². The molecule has 0 amide bonds. The van der Waals surface area contributed by atoms with Gasteiger partial charge in [-0.2, -0.15) is 0 Å². The zero-order valence-electron chi connectivity index (χ0n) is 20.9. The molecule has 0 saturated heterocycles. The second-order valence-electron chi connectivity index (χ2n) is 8.87. The van der Waals surface area contributed by atoms with Gasteiger partial charge in [0.25, 0.3) is 0 Å². The lowest BCUT2D eigenvalue weighted by atomic mass is 9.85. The zero-order chi connectivity index (χ0) is 24.8. The highest BCUT2D eigenvalue weighted by atomic mass is 16.5. The number of esters is 1. The van der Waals surface area contributed by atoms with Crippen molar-refractivity contribution in [2.75, 3.05) is 20.8 Å². The summed E-state index contributed by atoms with van der Waals surface area (Å²) in [5.41, 5.74) is 5.26. The molecule has 1 N–H and O–H groups in total. The van der Waals surface area contributed by atoms with Crippen molar-refractivity contribution in [3.05, 3.63) is 113 Å². The fourth-order valence-electron chi connectivity index (χ4n) is 4.66. The number of ether oxygens (including phenoxy) is 2. The lowest BCUT2D eigenvalue weighted by Gasteiger charge is -2.26. The third kappa shape index (κ3) is 5.39. The Balaban J connectivity index is 0.000000210. The Kier molecular flexibility index (Phi) is 7.84. The van der Waals surface area contributed by atoms with E-state index in [0.29, 0.717) is 18.2 Å². The first kappa shape index (κ1) is 24.5. The molecule has 35 heavy (non-hydrogen) atoms. The lowest BCUT2D eigenvalue weighted by molar-refractivity contribution is 0.0599. The van der Waals surface area contributed by atoms with Gasteiger partial charge in [0.15, 0.2) is 0 Å². The van der Waals surface area contributed by atoms with E-state index in [4.69, 9.17) is 9.47 Å². The van der Waals surface area contributed by atoms with Crippen LogP contribution in [0, 0.1) is 6.92 Å². The Morgan fingerprint density at radius 3 is 2.57 bits per heavy atom. The van der Waals surface area contributed by atoms with Gasteiger partial charge in [-0.25, -0.2) is 4.79 Å². The molecule has 4 aromatic rings. The molecule has 0 aliphatic carbocycles. The summed E-state index contributed by atoms with van der Waals surface area (Å²) in [6.07, 6.45) is 0.917. The molecule has 4 aromatic carbocycles. The van der Waals surface area contributed by atoms with Crippen LogP contribution in [0.25, 0.3) is 10.8 Å². The third-order valence-electron chi connectivity index (χ3n) is 6.75. The Morgan fingerprint density at radius 2 is 1.77 bits per heavy atom. The molecule has 5 rings (SSSR count). The Morgan fingerprint density at radius 1 is 1.03 bits per heavy atom. The number of carbonyl (C=O) groups is 1. The first-order chi connectivity index (χ1) is 17.0. The molecule has 0 radical (unpaired) electrons. The zero-order valence-corrected chi connectivity index (χ0v) is 20.9. The molecule has 0 saturated carbocycles. The van der Waals surface area contributed by atoms with Gasteiger partial charge in [-0.3, -0.25) is 0 Å². The summed E-state index contributed by atoms with van der Waals surface area (Å²) >= 11 is 0. The highest BCUT2D eigenvalue weighted by Gasteiger charge is 2.24. The van der Waals surface area contributed by atoms with E-state index < -0.39 is 0 Å². The summed E-state index contributed by atoms with van der Waals surface area (Å²) in [5.74, 6) is 0.919. The Labute approximate surface area is 209 Å². The molecule has 0 spiro atoms. The molecular weight excluding hydrogens is 434 g/mol. The van der Waals surface area contributed by atoms with Crippen LogP contribution in [-0.4, -0.2) is 26.7 Å². The van der Waals surface area contributed by atoms with Gasteiger partial charge in [-0.05, 0) is 66.9 Å². The van der Waals surface area contributed by atoms with Crippen molar-refractivity contribution >= 4 is 16.7 Å². The molecule has 4 nitrogen and oxygen atoms in total. The number of hydrogen-bond acceptors (Lipinski definition) is 4. The van der Waals surface area contributed by atoms with E-state index in [9.17, 15) is 4.79 Å². The van der Waals surface area contributed by atoms with Crippen LogP contribution in [-0.2, 0) is 4.74 Å². The number of methoxy groups -OCH3 is 1. The smallest absolute Gasteiger partial charge is 0.338 e. The van der Waals surface area contributed by atoms with Crippen molar-refractivity contribution in [3.8, 4) is 5.75 Å². The molecule has 4 heteroatoms. The maximum atomic E-state index is 11.9. The van der Waals surface area contributed by atoms with Crippen molar-refractivity contribution in [3.63, 3.8) is 0 Å². The summed E-state index contributed by atoms with van der Waals surface area (Å²) in [5, 5.41) is 5.93. The van der Waals surface area contributed by atoms with Crippen molar-refractivity contribution in [2.24, 2.45) is 0 Å². The molecular formula is C31H35NO3. The summed E-state index contributed by atoms with van der Waals surface area (Å²) in [6, 6.07) is 29.5. The van der Waals surface area contributed by atoms with Gasteiger partial charge >= 0.3 is 5.97 Å². The van der Waals surface area contributed by atoms with Gasteiger partial charge in [0, 0.05) is 18.9 Å². The van der Waals surface area contributed by atoms with Gasteiger partial charge < -0.3 is 14.8 Å². The summed E-state index contributed by atoms with van der Waals surface area (Å²) in [6.45, 7) is 4.80. The molecule has 0 unspecified atom stereocenters. The molecule has 0 bridgehead atoms. The normalized spacial score (nSPS) is 15.3. The summed E-state index contributed by atoms with van der Waals surface area (Å²) in [4.78, 5) is 11.9. The van der Waals surface area contributed by atoms with Crippen molar-refractivity contribution < 1.29 is 15.7 Å². The lowest BCUT2D eigenvalue weighted by Crippen LogP contribution is -2.16. The average molecular weight is 470 g/mol. The summed E-state index contributed by atoms with van der Waals surface area (Å²) in [7, 11) is 3.41. The van der Waals surface area contributed by atoms with Gasteiger partial charge in [0.05, 0.1) is 19.3 Å². The van der Waals surface area contributed by atoms with E-state index in [-0.39, 0.29) is 13.3 Å². The highest BCUT2D eigenvalue weighted by Crippen LogP contribution is 2.38. The fourth-order valence-corrected chi connectivity index (χ4v) is 4.66. The second kappa shape index (κ2) is 11.2. The monoisotopic (exact) mass is 469 g/mol. The number of aryl methyl sites for hydroxylation is 1. The molecule has 1 aliphatic rings. The van der Waals surface area contributed by atoms with Crippen LogP contribution >= 0.6 is 0 Å². The van der Waals surface area contributed by atoms with E-state index >= 15 is 0 Å². The van der Waals surface area contributed by atoms with Crippen LogP contribution in [0.3, 0.4) is 0 Å². The fraction of sp³-hybridized carbons (Fsp3) is 0.258. The van der Waals surface area contributed by atoms with Crippen LogP contribution in [0.4, 0.5) is 0 Å². The molecule has 2 atom stereocenters. The van der Waals surface area contributed by atoms with Crippen LogP contribution in [0.5, 0.6) is 5.75 Å². The van der Waals surface area contributed by atoms with Crippen LogP contribution < -0.4 is 10.1 Å². The first-order valence-corrected chi connectivity index (χ1v) is 12.1. The third-order valence-corrected chi connectivity index (χ3v) is 6.75. The summed E-state index contributed by atoms with van der Waals surface area (Å²) < 4.78 is 10.6. The number of carbonyl (C=O) groups excluding carboxylic acids is 1.